The molecule has 5 rings (SSSR count). The van der Waals surface area contributed by atoms with Crippen LogP contribution in [0.4, 0.5) is 5.69 Å². The molecule has 8 heteroatoms. The van der Waals surface area contributed by atoms with Crippen molar-refractivity contribution in [3.05, 3.63) is 70.3 Å². The van der Waals surface area contributed by atoms with Crippen molar-refractivity contribution >= 4 is 46.2 Å². The Hall–Kier alpha value is -3.16. The molecule has 2 aliphatic rings. The standard InChI is InChI=1S/C21H13ClN2O4S/c22-13-3-1-12(2-4-13)16-8-6-15(28-16)10-19-20(25)24(21(23)29-19)14-5-7-17-18(9-14)27-11-26-17/h1-10,23H,11H2/b19-10-,23-21?. The molecule has 0 saturated carbocycles. The average Bonchev–Trinajstić information content (AvgIpc) is 3.42. The van der Waals surface area contributed by atoms with Gasteiger partial charge in [0.15, 0.2) is 16.7 Å². The third-order valence-corrected chi connectivity index (χ3v) is 5.61. The van der Waals surface area contributed by atoms with Gasteiger partial charge in [-0.3, -0.25) is 15.1 Å². The van der Waals surface area contributed by atoms with Crippen LogP contribution >= 0.6 is 23.4 Å². The van der Waals surface area contributed by atoms with Crippen molar-refractivity contribution < 1.29 is 18.7 Å². The number of nitrogens with zero attached hydrogens (tertiary/aromatic N) is 1. The van der Waals surface area contributed by atoms with Gasteiger partial charge >= 0.3 is 0 Å². The quantitative estimate of drug-likeness (QED) is 0.571. The van der Waals surface area contributed by atoms with E-state index in [1.54, 1.807) is 42.5 Å². The van der Waals surface area contributed by atoms with Gasteiger partial charge in [0, 0.05) is 22.7 Å². The number of amidine groups is 1. The number of benzene rings is 2. The summed E-state index contributed by atoms with van der Waals surface area (Å²) in [7, 11) is 0. The summed E-state index contributed by atoms with van der Waals surface area (Å²) in [4.78, 5) is 14.6. The van der Waals surface area contributed by atoms with Gasteiger partial charge in [0.1, 0.15) is 11.5 Å². The van der Waals surface area contributed by atoms with Crippen molar-refractivity contribution in [3.63, 3.8) is 0 Å². The number of amides is 1. The number of carbonyl (C=O) groups is 1. The van der Waals surface area contributed by atoms with Gasteiger partial charge in [0.25, 0.3) is 5.91 Å². The van der Waals surface area contributed by atoms with E-state index >= 15 is 0 Å². The first-order valence-electron chi connectivity index (χ1n) is 8.66. The number of rotatable bonds is 3. The Labute approximate surface area is 175 Å². The summed E-state index contributed by atoms with van der Waals surface area (Å²) in [5.41, 5.74) is 1.45. The van der Waals surface area contributed by atoms with Gasteiger partial charge in [-0.25, -0.2) is 0 Å². The zero-order valence-electron chi connectivity index (χ0n) is 14.8. The Morgan fingerprint density at radius 2 is 1.83 bits per heavy atom. The van der Waals surface area contributed by atoms with Gasteiger partial charge in [-0.1, -0.05) is 11.6 Å². The summed E-state index contributed by atoms with van der Waals surface area (Å²) >= 11 is 7.01. The van der Waals surface area contributed by atoms with E-state index in [0.29, 0.717) is 38.6 Å². The van der Waals surface area contributed by atoms with Crippen LogP contribution in [0.3, 0.4) is 0 Å². The molecule has 2 aliphatic heterocycles. The Morgan fingerprint density at radius 1 is 1.03 bits per heavy atom. The molecular formula is C21H13ClN2O4S. The van der Waals surface area contributed by atoms with E-state index in [1.807, 2.05) is 18.2 Å². The van der Waals surface area contributed by atoms with E-state index in [2.05, 4.69) is 0 Å². The number of hydrogen-bond acceptors (Lipinski definition) is 6. The van der Waals surface area contributed by atoms with Crippen LogP contribution in [0.2, 0.25) is 5.02 Å². The molecule has 0 atom stereocenters. The van der Waals surface area contributed by atoms with Gasteiger partial charge < -0.3 is 13.9 Å². The molecule has 1 fully saturated rings. The number of ether oxygens (including phenoxy) is 2. The lowest BCUT2D eigenvalue weighted by molar-refractivity contribution is -0.113. The summed E-state index contributed by atoms with van der Waals surface area (Å²) in [6, 6.07) is 16.1. The molecule has 0 bridgehead atoms. The van der Waals surface area contributed by atoms with E-state index in [-0.39, 0.29) is 17.9 Å². The fraction of sp³-hybridized carbons (Fsp3) is 0.0476. The summed E-state index contributed by atoms with van der Waals surface area (Å²) in [6.45, 7) is 0.151. The van der Waals surface area contributed by atoms with Gasteiger partial charge in [-0.15, -0.1) is 0 Å². The Kier molecular flexibility index (Phi) is 4.34. The smallest absolute Gasteiger partial charge is 0.271 e. The first kappa shape index (κ1) is 17.9. The minimum Gasteiger partial charge on any atom is -0.457 e. The Bertz CT molecular complexity index is 1170. The second kappa shape index (κ2) is 7.02. The van der Waals surface area contributed by atoms with Crippen LogP contribution in [-0.4, -0.2) is 17.9 Å². The molecule has 1 amide bonds. The second-order valence-corrected chi connectivity index (χ2v) is 7.77. The molecule has 0 radical (unpaired) electrons. The molecule has 0 unspecified atom stereocenters. The number of fused-ring (bicyclic) bond motifs is 1. The van der Waals surface area contributed by atoms with Crippen LogP contribution in [0.15, 0.2) is 63.9 Å². The maximum absolute atomic E-state index is 12.9. The van der Waals surface area contributed by atoms with Crippen LogP contribution in [0.5, 0.6) is 11.5 Å². The van der Waals surface area contributed by atoms with Crippen molar-refractivity contribution in [3.8, 4) is 22.8 Å². The second-order valence-electron chi connectivity index (χ2n) is 6.30. The summed E-state index contributed by atoms with van der Waals surface area (Å²) < 4.78 is 16.5. The molecule has 3 aromatic rings. The molecule has 0 aliphatic carbocycles. The van der Waals surface area contributed by atoms with E-state index in [4.69, 9.17) is 30.9 Å². The van der Waals surface area contributed by atoms with E-state index in [1.165, 1.54) is 4.90 Å². The SMILES string of the molecule is N=C1S/C(=C\c2ccc(-c3ccc(Cl)cc3)o2)C(=O)N1c1ccc2c(c1)OCO2. The largest absolute Gasteiger partial charge is 0.457 e. The number of furan rings is 1. The molecule has 2 aromatic carbocycles. The highest BCUT2D eigenvalue weighted by Gasteiger charge is 2.34. The molecule has 0 spiro atoms. The molecule has 29 heavy (non-hydrogen) atoms. The van der Waals surface area contributed by atoms with E-state index in [0.717, 1.165) is 17.3 Å². The molecule has 1 saturated heterocycles. The third kappa shape index (κ3) is 3.28. The maximum Gasteiger partial charge on any atom is 0.271 e. The number of carbonyl (C=O) groups excluding carboxylic acids is 1. The maximum atomic E-state index is 12.9. The lowest BCUT2D eigenvalue weighted by Gasteiger charge is -2.14. The summed E-state index contributed by atoms with van der Waals surface area (Å²) in [5.74, 6) is 2.10. The Morgan fingerprint density at radius 3 is 2.66 bits per heavy atom. The first-order valence-corrected chi connectivity index (χ1v) is 9.86. The molecule has 144 valence electrons. The highest BCUT2D eigenvalue weighted by molar-refractivity contribution is 8.19. The van der Waals surface area contributed by atoms with Gasteiger partial charge in [0.2, 0.25) is 6.79 Å². The van der Waals surface area contributed by atoms with E-state index in [9.17, 15) is 4.79 Å². The van der Waals surface area contributed by atoms with Gasteiger partial charge in [-0.05, 0) is 60.3 Å². The zero-order valence-corrected chi connectivity index (χ0v) is 16.4. The number of halogens is 1. The lowest BCUT2D eigenvalue weighted by atomic mass is 10.2. The Balaban J connectivity index is 1.41. The van der Waals surface area contributed by atoms with Crippen molar-refractivity contribution in [2.45, 2.75) is 0 Å². The summed E-state index contributed by atoms with van der Waals surface area (Å²) in [6.07, 6.45) is 1.65. The number of nitrogens with one attached hydrogen (secondary N) is 1. The van der Waals surface area contributed by atoms with Gasteiger partial charge in [0.05, 0.1) is 10.6 Å². The normalized spacial score (nSPS) is 16.9. The van der Waals surface area contributed by atoms with Crippen LogP contribution in [0.25, 0.3) is 17.4 Å². The first-order chi connectivity index (χ1) is 14.1. The lowest BCUT2D eigenvalue weighted by Crippen LogP contribution is -2.28. The van der Waals surface area contributed by atoms with Crippen molar-refractivity contribution in [1.82, 2.24) is 0 Å². The van der Waals surface area contributed by atoms with E-state index < -0.39 is 0 Å². The van der Waals surface area contributed by atoms with Gasteiger partial charge in [-0.2, -0.15) is 0 Å². The van der Waals surface area contributed by atoms with Crippen LogP contribution < -0.4 is 14.4 Å². The molecule has 6 nitrogen and oxygen atoms in total. The van der Waals surface area contributed by atoms with Crippen LogP contribution in [0.1, 0.15) is 5.76 Å². The predicted molar refractivity (Wildman–Crippen MR) is 112 cm³/mol. The minimum absolute atomic E-state index is 0.115. The molecule has 1 aromatic heterocycles. The predicted octanol–water partition coefficient (Wildman–Crippen LogP) is 5.38. The van der Waals surface area contributed by atoms with Crippen molar-refractivity contribution in [1.29, 1.82) is 5.41 Å². The third-order valence-electron chi connectivity index (χ3n) is 4.47. The monoisotopic (exact) mass is 424 g/mol. The number of hydrogen-bond donors (Lipinski definition) is 1. The molecular weight excluding hydrogens is 412 g/mol. The zero-order chi connectivity index (χ0) is 20.0. The molecule has 1 N–H and O–H groups in total. The fourth-order valence-corrected chi connectivity index (χ4v) is 4.04. The molecule has 3 heterocycles. The fourth-order valence-electron chi connectivity index (χ4n) is 3.07. The topological polar surface area (TPSA) is 75.8 Å². The van der Waals surface area contributed by atoms with Crippen molar-refractivity contribution in [2.75, 3.05) is 11.7 Å². The number of anilines is 1. The minimum atomic E-state index is -0.289. The van der Waals surface area contributed by atoms with Crippen molar-refractivity contribution in [2.24, 2.45) is 0 Å². The highest BCUT2D eigenvalue weighted by atomic mass is 35.5. The highest BCUT2D eigenvalue weighted by Crippen LogP contribution is 2.40. The number of thioether (sulfide) groups is 1. The average molecular weight is 425 g/mol. The van der Waals surface area contributed by atoms with Crippen LogP contribution in [-0.2, 0) is 4.79 Å². The van der Waals surface area contributed by atoms with Crippen LogP contribution in [0, 0.1) is 5.41 Å². The summed E-state index contributed by atoms with van der Waals surface area (Å²) in [5, 5.41) is 9.00.